The van der Waals surface area contributed by atoms with Crippen LogP contribution in [0, 0.1) is 5.92 Å². The molecular weight excluding hydrogens is 308 g/mol. The first-order chi connectivity index (χ1) is 11.2. The molecule has 2 heteroatoms. The van der Waals surface area contributed by atoms with E-state index >= 15 is 0 Å². The Morgan fingerprint density at radius 1 is 0.750 bits per heavy atom. The van der Waals surface area contributed by atoms with Crippen LogP contribution in [0.5, 0.6) is 0 Å². The highest BCUT2D eigenvalue weighted by Gasteiger charge is 2.36. The van der Waals surface area contributed by atoms with Gasteiger partial charge in [0.25, 0.3) is 0 Å². The quantitative estimate of drug-likeness (QED) is 0.211. The Kier molecular flexibility index (Phi) is 13.5. The highest BCUT2D eigenvalue weighted by Crippen LogP contribution is 2.36. The molecule has 0 amide bonds. The second kappa shape index (κ2) is 13.4. The van der Waals surface area contributed by atoms with E-state index in [4.69, 9.17) is 4.43 Å². The predicted octanol–water partition coefficient (Wildman–Crippen LogP) is 8.35. The van der Waals surface area contributed by atoms with E-state index in [1.807, 2.05) is 0 Å². The van der Waals surface area contributed by atoms with Gasteiger partial charge in [-0.15, -0.1) is 0 Å². The number of unbranched alkanes of at least 4 members (excludes halogenated alkanes) is 8. The van der Waals surface area contributed by atoms with Crippen LogP contribution < -0.4 is 0 Å². The molecule has 0 fully saturated rings. The summed E-state index contributed by atoms with van der Waals surface area (Å²) in [6.07, 6.45) is 16.9. The summed E-state index contributed by atoms with van der Waals surface area (Å²) in [6.45, 7) is 17.4. The van der Waals surface area contributed by atoms with Gasteiger partial charge in [0.05, 0.1) is 0 Å². The summed E-state index contributed by atoms with van der Waals surface area (Å²) >= 11 is 0. The molecule has 0 N–H and O–H groups in total. The summed E-state index contributed by atoms with van der Waals surface area (Å²) in [5, 5.41) is 0.349. The van der Waals surface area contributed by atoms with Crippen LogP contribution >= 0.6 is 0 Å². The van der Waals surface area contributed by atoms with Crippen LogP contribution in [0.4, 0.5) is 0 Å². The average Bonchev–Trinajstić information content (AvgIpc) is 2.47. The van der Waals surface area contributed by atoms with Crippen molar-refractivity contribution in [2.24, 2.45) is 5.92 Å². The highest BCUT2D eigenvalue weighted by atomic mass is 28.4. The molecule has 0 saturated carbocycles. The van der Waals surface area contributed by atoms with E-state index in [1.54, 1.807) is 0 Å². The van der Waals surface area contributed by atoms with Crippen molar-refractivity contribution in [2.45, 2.75) is 130 Å². The zero-order valence-corrected chi connectivity index (χ0v) is 19.2. The summed E-state index contributed by atoms with van der Waals surface area (Å²) < 4.78 is 6.24. The van der Waals surface area contributed by atoms with Gasteiger partial charge in [0.2, 0.25) is 0 Å². The Hall–Kier alpha value is 0.177. The number of hydrogen-bond acceptors (Lipinski definition) is 1. The molecule has 0 aliphatic heterocycles. The number of rotatable bonds is 15. The number of hydrogen-bond donors (Lipinski definition) is 0. The third kappa shape index (κ3) is 12.5. The molecule has 0 saturated heterocycles. The Balaban J connectivity index is 3.32. The van der Waals surface area contributed by atoms with Crippen LogP contribution in [0.3, 0.4) is 0 Å². The summed E-state index contributed by atoms with van der Waals surface area (Å²) in [4.78, 5) is 0. The maximum Gasteiger partial charge on any atom is 0.191 e. The molecule has 0 spiro atoms. The summed E-state index contributed by atoms with van der Waals surface area (Å²) in [6, 6.07) is 0. The molecule has 0 bridgehead atoms. The third-order valence-electron chi connectivity index (χ3n) is 5.89. The molecule has 0 rings (SSSR count). The van der Waals surface area contributed by atoms with Crippen LogP contribution in [0.15, 0.2) is 0 Å². The molecule has 0 radical (unpaired) electrons. The summed E-state index contributed by atoms with van der Waals surface area (Å²) in [5.41, 5.74) is 0. The fourth-order valence-corrected chi connectivity index (χ4v) is 4.10. The Labute approximate surface area is 155 Å². The van der Waals surface area contributed by atoms with Crippen LogP contribution in [-0.4, -0.2) is 14.9 Å². The first-order valence-corrected chi connectivity index (χ1v) is 13.8. The fraction of sp³-hybridized carbons (Fsp3) is 1.00. The zero-order chi connectivity index (χ0) is 18.5. The molecule has 0 aliphatic carbocycles. The third-order valence-corrected chi connectivity index (χ3v) is 10.4. The second-order valence-electron chi connectivity index (χ2n) is 9.47. The Morgan fingerprint density at radius 2 is 1.21 bits per heavy atom. The van der Waals surface area contributed by atoms with E-state index in [0.717, 1.165) is 12.5 Å². The van der Waals surface area contributed by atoms with Gasteiger partial charge in [0.1, 0.15) is 0 Å². The van der Waals surface area contributed by atoms with Gasteiger partial charge in [-0.2, -0.15) is 0 Å². The lowest BCUT2D eigenvalue weighted by molar-refractivity contribution is 0.277. The Bertz CT molecular complexity index is 280. The fourth-order valence-electron chi connectivity index (χ4n) is 3.01. The van der Waals surface area contributed by atoms with Crippen molar-refractivity contribution < 1.29 is 4.43 Å². The van der Waals surface area contributed by atoms with Gasteiger partial charge >= 0.3 is 0 Å². The van der Waals surface area contributed by atoms with Gasteiger partial charge in [0, 0.05) is 6.61 Å². The van der Waals surface area contributed by atoms with Crippen LogP contribution in [-0.2, 0) is 4.43 Å². The predicted molar refractivity (Wildman–Crippen MR) is 113 cm³/mol. The van der Waals surface area contributed by atoms with E-state index in [1.165, 1.54) is 77.0 Å². The maximum absolute atomic E-state index is 6.24. The molecule has 1 atom stereocenters. The smallest absolute Gasteiger partial charge is 0.191 e. The molecule has 1 unspecified atom stereocenters. The largest absolute Gasteiger partial charge is 0.417 e. The van der Waals surface area contributed by atoms with Gasteiger partial charge in [-0.05, 0) is 30.5 Å². The Morgan fingerprint density at radius 3 is 1.67 bits per heavy atom. The molecule has 24 heavy (non-hydrogen) atoms. The molecular formula is C22H48OSi. The van der Waals surface area contributed by atoms with E-state index in [-0.39, 0.29) is 0 Å². The van der Waals surface area contributed by atoms with Crippen molar-refractivity contribution in [1.82, 2.24) is 0 Å². The van der Waals surface area contributed by atoms with Crippen molar-refractivity contribution in [1.29, 1.82) is 0 Å². The maximum atomic E-state index is 6.24. The molecule has 1 nitrogen and oxygen atoms in total. The first kappa shape index (κ1) is 24.2. The van der Waals surface area contributed by atoms with Crippen molar-refractivity contribution >= 4 is 8.32 Å². The van der Waals surface area contributed by atoms with Gasteiger partial charge in [-0.1, -0.05) is 105 Å². The standard InChI is InChI=1S/C22H48OSi/c1-8-18-21(2)19-16-14-12-10-9-11-13-15-17-20-23-24(6,7)22(3,4)5/h21H,8-20H2,1-7H3. The van der Waals surface area contributed by atoms with E-state index in [9.17, 15) is 0 Å². The highest BCUT2D eigenvalue weighted by molar-refractivity contribution is 6.74. The van der Waals surface area contributed by atoms with Crippen LogP contribution in [0.25, 0.3) is 0 Å². The lowest BCUT2D eigenvalue weighted by Gasteiger charge is -2.36. The monoisotopic (exact) mass is 356 g/mol. The van der Waals surface area contributed by atoms with Crippen LogP contribution in [0.2, 0.25) is 18.1 Å². The van der Waals surface area contributed by atoms with Gasteiger partial charge < -0.3 is 4.43 Å². The van der Waals surface area contributed by atoms with E-state index in [0.29, 0.717) is 5.04 Å². The summed E-state index contributed by atoms with van der Waals surface area (Å²) in [5.74, 6) is 0.948. The SMILES string of the molecule is CCCC(C)CCCCCCCCCCCO[Si](C)(C)C(C)(C)C. The normalized spacial score (nSPS) is 14.1. The summed E-state index contributed by atoms with van der Waals surface area (Å²) in [7, 11) is -1.51. The minimum Gasteiger partial charge on any atom is -0.417 e. The van der Waals surface area contributed by atoms with E-state index in [2.05, 4.69) is 47.7 Å². The van der Waals surface area contributed by atoms with Crippen molar-refractivity contribution in [2.75, 3.05) is 6.61 Å². The topological polar surface area (TPSA) is 9.23 Å². The van der Waals surface area contributed by atoms with Crippen molar-refractivity contribution in [3.05, 3.63) is 0 Å². The lowest BCUT2D eigenvalue weighted by Crippen LogP contribution is -2.40. The van der Waals surface area contributed by atoms with Gasteiger partial charge in [0.15, 0.2) is 8.32 Å². The average molecular weight is 357 g/mol. The van der Waals surface area contributed by atoms with E-state index < -0.39 is 8.32 Å². The van der Waals surface area contributed by atoms with Gasteiger partial charge in [-0.25, -0.2) is 0 Å². The van der Waals surface area contributed by atoms with Crippen molar-refractivity contribution in [3.63, 3.8) is 0 Å². The van der Waals surface area contributed by atoms with Crippen molar-refractivity contribution in [3.8, 4) is 0 Å². The zero-order valence-electron chi connectivity index (χ0n) is 18.2. The van der Waals surface area contributed by atoms with Crippen LogP contribution in [0.1, 0.15) is 112 Å². The molecule has 0 aromatic rings. The minimum atomic E-state index is -1.51. The minimum absolute atomic E-state index is 0.349. The lowest BCUT2D eigenvalue weighted by atomic mass is 9.98. The molecule has 0 aromatic carbocycles. The molecule has 0 heterocycles. The van der Waals surface area contributed by atoms with Gasteiger partial charge in [-0.3, -0.25) is 0 Å². The first-order valence-electron chi connectivity index (χ1n) is 10.8. The molecule has 146 valence electrons. The molecule has 0 aromatic heterocycles. The second-order valence-corrected chi connectivity index (χ2v) is 14.3. The molecule has 0 aliphatic rings.